The number of ketones is 1. The third-order valence-corrected chi connectivity index (χ3v) is 9.48. The van der Waals surface area contributed by atoms with Crippen molar-refractivity contribution in [2.45, 2.75) is 49.8 Å². The van der Waals surface area contributed by atoms with Crippen LogP contribution in [0.1, 0.15) is 48.9 Å². The van der Waals surface area contributed by atoms with Crippen LogP contribution in [0.5, 0.6) is 0 Å². The summed E-state index contributed by atoms with van der Waals surface area (Å²) < 4.78 is 5.45. The highest BCUT2D eigenvalue weighted by molar-refractivity contribution is 8.01. The third-order valence-electron chi connectivity index (χ3n) is 6.63. The Balaban J connectivity index is 1.32. The SMILES string of the molecule is CCOC(=O)Cc1csc(NC(=O)CSc2nnc(N3C(N)=C(C#N)C(c4cccc(C)c4)C4=C3CCCC4=O)s2)n1. The highest BCUT2D eigenvalue weighted by Crippen LogP contribution is 2.47. The van der Waals surface area contributed by atoms with E-state index in [0.29, 0.717) is 57.3 Å². The van der Waals surface area contributed by atoms with E-state index in [0.717, 1.165) is 16.8 Å². The Labute approximate surface area is 254 Å². The second-order valence-corrected chi connectivity index (χ2v) is 12.6. The number of rotatable bonds is 9. The molecule has 1 aliphatic heterocycles. The fourth-order valence-corrected chi connectivity index (χ4v) is 7.33. The maximum absolute atomic E-state index is 13.3. The molecule has 0 radical (unpaired) electrons. The van der Waals surface area contributed by atoms with E-state index in [9.17, 15) is 19.6 Å². The van der Waals surface area contributed by atoms with Crippen LogP contribution in [0.2, 0.25) is 0 Å². The van der Waals surface area contributed by atoms with Gasteiger partial charge in [-0.2, -0.15) is 5.26 Å². The molecule has 216 valence electrons. The first kappa shape index (κ1) is 29.4. The predicted molar refractivity (Wildman–Crippen MR) is 161 cm³/mol. The number of anilines is 2. The zero-order valence-electron chi connectivity index (χ0n) is 22.9. The van der Waals surface area contributed by atoms with Crippen LogP contribution in [0.3, 0.4) is 0 Å². The van der Waals surface area contributed by atoms with Gasteiger partial charge in [0, 0.05) is 23.1 Å². The van der Waals surface area contributed by atoms with Crippen LogP contribution in [-0.4, -0.2) is 45.2 Å². The number of thioether (sulfide) groups is 1. The van der Waals surface area contributed by atoms with Crippen molar-refractivity contribution in [3.63, 3.8) is 0 Å². The van der Waals surface area contributed by atoms with E-state index >= 15 is 0 Å². The molecule has 1 aromatic carbocycles. The number of nitriles is 1. The van der Waals surface area contributed by atoms with Crippen LogP contribution in [0, 0.1) is 18.3 Å². The van der Waals surface area contributed by atoms with Crippen LogP contribution in [0.15, 0.2) is 56.6 Å². The topological polar surface area (TPSA) is 164 Å². The Kier molecular flexibility index (Phi) is 9.00. The van der Waals surface area contributed by atoms with Crippen molar-refractivity contribution in [1.29, 1.82) is 5.26 Å². The largest absolute Gasteiger partial charge is 0.466 e. The second-order valence-electron chi connectivity index (χ2n) is 9.54. The number of carbonyl (C=O) groups is 3. The van der Waals surface area contributed by atoms with E-state index in [-0.39, 0.29) is 35.7 Å². The molecule has 1 unspecified atom stereocenters. The summed E-state index contributed by atoms with van der Waals surface area (Å²) in [6.07, 6.45) is 1.73. The monoisotopic (exact) mass is 621 g/mol. The van der Waals surface area contributed by atoms with Gasteiger partial charge in [-0.25, -0.2) is 4.98 Å². The molecule has 3 aromatic rings. The molecule has 3 heterocycles. The summed E-state index contributed by atoms with van der Waals surface area (Å²) in [6, 6.07) is 10.0. The first-order valence-corrected chi connectivity index (χ1v) is 15.9. The van der Waals surface area contributed by atoms with Gasteiger partial charge in [-0.1, -0.05) is 52.9 Å². The lowest BCUT2D eigenvalue weighted by Crippen LogP contribution is -2.38. The molecule has 1 amide bonds. The maximum Gasteiger partial charge on any atom is 0.311 e. The molecular formula is C28H27N7O4S3. The normalized spacial score (nSPS) is 16.7. The van der Waals surface area contributed by atoms with Crippen LogP contribution in [0.4, 0.5) is 10.3 Å². The number of hydrogen-bond donors (Lipinski definition) is 2. The van der Waals surface area contributed by atoms with E-state index in [4.69, 9.17) is 10.5 Å². The predicted octanol–water partition coefficient (Wildman–Crippen LogP) is 4.44. The van der Waals surface area contributed by atoms with Gasteiger partial charge in [-0.15, -0.1) is 21.5 Å². The number of Topliss-reactive ketones (excluding diaryl/α,β-unsaturated/α-hetero) is 1. The Morgan fingerprint density at radius 2 is 2.14 bits per heavy atom. The van der Waals surface area contributed by atoms with Crippen molar-refractivity contribution < 1.29 is 19.1 Å². The van der Waals surface area contributed by atoms with Gasteiger partial charge in [0.2, 0.25) is 11.0 Å². The summed E-state index contributed by atoms with van der Waals surface area (Å²) in [4.78, 5) is 43.4. The van der Waals surface area contributed by atoms with E-state index in [1.807, 2.05) is 31.2 Å². The molecule has 0 saturated carbocycles. The summed E-state index contributed by atoms with van der Waals surface area (Å²) >= 11 is 3.65. The number of carbonyl (C=O) groups excluding carboxylic acids is 3. The summed E-state index contributed by atoms with van der Waals surface area (Å²) in [5.41, 5.74) is 10.6. The van der Waals surface area contributed by atoms with Crippen LogP contribution in [-0.2, 0) is 25.5 Å². The van der Waals surface area contributed by atoms with E-state index < -0.39 is 5.92 Å². The van der Waals surface area contributed by atoms with Crippen molar-refractivity contribution >= 4 is 62.4 Å². The molecular weight excluding hydrogens is 595 g/mol. The van der Waals surface area contributed by atoms with Crippen molar-refractivity contribution in [1.82, 2.24) is 15.2 Å². The third kappa shape index (κ3) is 6.23. The zero-order chi connectivity index (χ0) is 29.8. The number of amides is 1. The van der Waals surface area contributed by atoms with Gasteiger partial charge in [0.25, 0.3) is 0 Å². The molecule has 42 heavy (non-hydrogen) atoms. The van der Waals surface area contributed by atoms with E-state index in [1.165, 1.54) is 34.4 Å². The molecule has 14 heteroatoms. The molecule has 5 rings (SSSR count). The number of benzene rings is 1. The fraction of sp³-hybridized carbons (Fsp3) is 0.321. The van der Waals surface area contributed by atoms with Crippen molar-refractivity contribution in [2.75, 3.05) is 22.6 Å². The molecule has 2 aliphatic rings. The number of esters is 1. The molecule has 0 saturated heterocycles. The Bertz CT molecular complexity index is 1650. The molecule has 0 spiro atoms. The lowest BCUT2D eigenvalue weighted by Gasteiger charge is -2.38. The quantitative estimate of drug-likeness (QED) is 0.256. The zero-order valence-corrected chi connectivity index (χ0v) is 25.3. The molecule has 2 aromatic heterocycles. The van der Waals surface area contributed by atoms with Crippen molar-refractivity contribution in [2.24, 2.45) is 5.73 Å². The van der Waals surface area contributed by atoms with Gasteiger partial charge >= 0.3 is 5.97 Å². The lowest BCUT2D eigenvalue weighted by molar-refractivity contribution is -0.142. The van der Waals surface area contributed by atoms with Crippen LogP contribution < -0.4 is 16.0 Å². The number of ether oxygens (including phenoxy) is 1. The summed E-state index contributed by atoms with van der Waals surface area (Å²) in [6.45, 7) is 4.00. The second kappa shape index (κ2) is 12.8. The highest BCUT2D eigenvalue weighted by Gasteiger charge is 2.41. The summed E-state index contributed by atoms with van der Waals surface area (Å²) in [7, 11) is 0. The summed E-state index contributed by atoms with van der Waals surface area (Å²) in [5.74, 6) is -0.926. The molecule has 0 bridgehead atoms. The number of nitrogens with zero attached hydrogens (tertiary/aromatic N) is 5. The molecule has 3 N–H and O–H groups in total. The average molecular weight is 622 g/mol. The molecule has 1 atom stereocenters. The van der Waals surface area contributed by atoms with Crippen molar-refractivity contribution in [3.05, 3.63) is 69.1 Å². The smallest absolute Gasteiger partial charge is 0.311 e. The maximum atomic E-state index is 13.3. The Morgan fingerprint density at radius 1 is 1.31 bits per heavy atom. The minimum atomic E-state index is -0.539. The van der Waals surface area contributed by atoms with E-state index in [2.05, 4.69) is 26.6 Å². The first-order valence-electron chi connectivity index (χ1n) is 13.2. The molecule has 0 fully saturated rings. The Hall–Kier alpha value is -4.06. The first-order chi connectivity index (χ1) is 20.3. The van der Waals surface area contributed by atoms with Gasteiger partial charge in [0.15, 0.2) is 15.3 Å². The number of hydrogen-bond acceptors (Lipinski definition) is 13. The number of aryl methyl sites for hydroxylation is 1. The fourth-order valence-electron chi connectivity index (χ4n) is 4.93. The van der Waals surface area contributed by atoms with Crippen LogP contribution >= 0.6 is 34.4 Å². The number of allylic oxidation sites excluding steroid dienone is 3. The minimum absolute atomic E-state index is 0.00334. The average Bonchev–Trinajstić information content (AvgIpc) is 3.61. The molecule has 1 aliphatic carbocycles. The summed E-state index contributed by atoms with van der Waals surface area (Å²) in [5, 5.41) is 24.0. The molecule has 11 nitrogen and oxygen atoms in total. The minimum Gasteiger partial charge on any atom is -0.466 e. The van der Waals surface area contributed by atoms with Gasteiger partial charge < -0.3 is 15.8 Å². The van der Waals surface area contributed by atoms with Gasteiger partial charge in [0.1, 0.15) is 5.82 Å². The van der Waals surface area contributed by atoms with Gasteiger partial charge in [-0.3, -0.25) is 19.3 Å². The lowest BCUT2D eigenvalue weighted by atomic mass is 9.75. The standard InChI is InChI=1S/C28H27N7O4S3/c1-3-39-22(38)11-17-13-40-26(31-17)32-21(37)14-41-28-34-33-27(42-28)35-19-8-5-9-20(36)24(19)23(18(12-29)25(35)30)16-7-4-6-15(2)10-16/h4,6-7,10,13,23H,3,5,8-9,11,14,30H2,1-2H3,(H,31,32,37). The number of aromatic nitrogens is 3. The number of thiazole rings is 1. The highest BCUT2D eigenvalue weighted by atomic mass is 32.2. The number of nitrogens with one attached hydrogen (secondary N) is 1. The van der Waals surface area contributed by atoms with Crippen LogP contribution in [0.25, 0.3) is 0 Å². The van der Waals surface area contributed by atoms with Gasteiger partial charge in [-0.05, 0) is 32.3 Å². The van der Waals surface area contributed by atoms with E-state index in [1.54, 1.807) is 17.2 Å². The Morgan fingerprint density at radius 3 is 2.90 bits per heavy atom. The number of nitrogens with two attached hydrogens (primary N) is 1. The van der Waals surface area contributed by atoms with Gasteiger partial charge in [0.05, 0.1) is 42.0 Å². The van der Waals surface area contributed by atoms with Crippen molar-refractivity contribution in [3.8, 4) is 6.07 Å².